The summed E-state index contributed by atoms with van der Waals surface area (Å²) in [5, 5.41) is 2.62. The van der Waals surface area contributed by atoms with Crippen LogP contribution in [0.1, 0.15) is 16.5 Å². The van der Waals surface area contributed by atoms with Gasteiger partial charge < -0.3 is 19.7 Å². The van der Waals surface area contributed by atoms with Crippen molar-refractivity contribution in [2.24, 2.45) is 0 Å². The maximum absolute atomic E-state index is 13.4. The molecule has 0 aliphatic carbocycles. The maximum atomic E-state index is 13.4. The van der Waals surface area contributed by atoms with Crippen LogP contribution in [0.15, 0.2) is 72.8 Å². The van der Waals surface area contributed by atoms with Gasteiger partial charge in [0.15, 0.2) is 11.5 Å². The predicted octanol–water partition coefficient (Wildman–Crippen LogP) is 5.69. The first-order valence-corrected chi connectivity index (χ1v) is 11.0. The standard InChI is InChI=1S/C24H23FN2O3S/c1-29-22-14-18(10-11-21(22)30-16-17-6-3-2-4-7-17)23-27(12-13-31-23)24(28)26-20-9-5-8-19(25)15-20/h2-11,14-15,23H,12-13,16H2,1H3,(H,26,28). The number of nitrogens with one attached hydrogen (secondary N) is 1. The first-order chi connectivity index (χ1) is 15.1. The Kier molecular flexibility index (Phi) is 6.62. The molecular formula is C24H23FN2O3S. The molecule has 1 atom stereocenters. The second kappa shape index (κ2) is 9.75. The van der Waals surface area contributed by atoms with Crippen molar-refractivity contribution < 1.29 is 18.7 Å². The van der Waals surface area contributed by atoms with Crippen LogP contribution in [-0.2, 0) is 6.61 Å². The second-order valence-electron chi connectivity index (χ2n) is 7.04. The Morgan fingerprint density at radius 2 is 1.94 bits per heavy atom. The monoisotopic (exact) mass is 438 g/mol. The molecule has 4 rings (SSSR count). The Balaban J connectivity index is 1.47. The van der Waals surface area contributed by atoms with Gasteiger partial charge in [0, 0.05) is 18.0 Å². The summed E-state index contributed by atoms with van der Waals surface area (Å²) in [6.45, 7) is 1.04. The minimum absolute atomic E-state index is 0.161. The third kappa shape index (κ3) is 5.11. The SMILES string of the molecule is COc1cc(C2SCCN2C(=O)Nc2cccc(F)c2)ccc1OCc1ccccc1. The summed E-state index contributed by atoms with van der Waals surface area (Å²) in [5.74, 6) is 1.69. The van der Waals surface area contributed by atoms with Gasteiger partial charge in [-0.25, -0.2) is 9.18 Å². The van der Waals surface area contributed by atoms with E-state index in [0.29, 0.717) is 30.3 Å². The molecule has 1 aliphatic heterocycles. The number of halogens is 1. The molecule has 0 bridgehead atoms. The number of methoxy groups -OCH3 is 1. The molecule has 1 saturated heterocycles. The number of hydrogen-bond acceptors (Lipinski definition) is 4. The first kappa shape index (κ1) is 21.1. The second-order valence-corrected chi connectivity index (χ2v) is 8.23. The van der Waals surface area contributed by atoms with Gasteiger partial charge in [0.25, 0.3) is 0 Å². The van der Waals surface area contributed by atoms with Crippen LogP contribution in [0.5, 0.6) is 11.5 Å². The smallest absolute Gasteiger partial charge is 0.323 e. The van der Waals surface area contributed by atoms with Crippen molar-refractivity contribution in [2.75, 3.05) is 24.7 Å². The normalized spacial score (nSPS) is 15.5. The van der Waals surface area contributed by atoms with E-state index in [-0.39, 0.29) is 17.2 Å². The lowest BCUT2D eigenvalue weighted by molar-refractivity contribution is 0.214. The van der Waals surface area contributed by atoms with Gasteiger partial charge in [-0.3, -0.25) is 0 Å². The molecule has 1 aliphatic rings. The number of hydrogen-bond donors (Lipinski definition) is 1. The van der Waals surface area contributed by atoms with E-state index >= 15 is 0 Å². The summed E-state index contributed by atoms with van der Waals surface area (Å²) in [6, 6.07) is 21.3. The number of ether oxygens (including phenoxy) is 2. The van der Waals surface area contributed by atoms with E-state index in [9.17, 15) is 9.18 Å². The fraction of sp³-hybridized carbons (Fsp3) is 0.208. The lowest BCUT2D eigenvalue weighted by atomic mass is 10.1. The highest BCUT2D eigenvalue weighted by molar-refractivity contribution is 7.99. The molecule has 160 valence electrons. The van der Waals surface area contributed by atoms with E-state index in [2.05, 4.69) is 5.32 Å². The molecule has 1 fully saturated rings. The van der Waals surface area contributed by atoms with Crippen LogP contribution in [0, 0.1) is 5.82 Å². The number of nitrogens with zero attached hydrogens (tertiary/aromatic N) is 1. The number of amides is 2. The van der Waals surface area contributed by atoms with E-state index in [4.69, 9.17) is 9.47 Å². The zero-order valence-electron chi connectivity index (χ0n) is 17.1. The van der Waals surface area contributed by atoms with E-state index in [1.54, 1.807) is 35.9 Å². The van der Waals surface area contributed by atoms with Crippen molar-refractivity contribution in [1.29, 1.82) is 0 Å². The molecule has 1 unspecified atom stereocenters. The number of urea groups is 1. The van der Waals surface area contributed by atoms with E-state index in [0.717, 1.165) is 16.9 Å². The highest BCUT2D eigenvalue weighted by Crippen LogP contribution is 2.41. The van der Waals surface area contributed by atoms with Crippen LogP contribution in [0.3, 0.4) is 0 Å². The summed E-state index contributed by atoms with van der Waals surface area (Å²) in [4.78, 5) is 14.6. The third-order valence-electron chi connectivity index (χ3n) is 4.94. The zero-order chi connectivity index (χ0) is 21.6. The van der Waals surface area contributed by atoms with Crippen LogP contribution >= 0.6 is 11.8 Å². The molecule has 1 N–H and O–H groups in total. The summed E-state index contributed by atoms with van der Waals surface area (Å²) in [6.07, 6.45) is 0. The summed E-state index contributed by atoms with van der Waals surface area (Å²) in [7, 11) is 1.60. The molecule has 0 spiro atoms. The van der Waals surface area contributed by atoms with Crippen molar-refractivity contribution in [3.8, 4) is 11.5 Å². The van der Waals surface area contributed by atoms with Crippen LogP contribution in [0.4, 0.5) is 14.9 Å². The Labute approximate surface area is 185 Å². The Hall–Kier alpha value is -3.19. The zero-order valence-corrected chi connectivity index (χ0v) is 17.9. The summed E-state index contributed by atoms with van der Waals surface area (Å²) < 4.78 is 24.9. The van der Waals surface area contributed by atoms with Crippen LogP contribution < -0.4 is 14.8 Å². The number of benzene rings is 3. The average molecular weight is 439 g/mol. The van der Waals surface area contributed by atoms with Gasteiger partial charge in [0.05, 0.1) is 7.11 Å². The fourth-order valence-corrected chi connectivity index (χ4v) is 4.65. The van der Waals surface area contributed by atoms with Crippen molar-refractivity contribution in [3.63, 3.8) is 0 Å². The van der Waals surface area contributed by atoms with Crippen molar-refractivity contribution >= 4 is 23.5 Å². The van der Waals surface area contributed by atoms with Gasteiger partial charge in [0.2, 0.25) is 0 Å². The highest BCUT2D eigenvalue weighted by atomic mass is 32.2. The topological polar surface area (TPSA) is 50.8 Å². The first-order valence-electron chi connectivity index (χ1n) is 9.93. The van der Waals surface area contributed by atoms with Gasteiger partial charge in [0.1, 0.15) is 17.8 Å². The molecule has 1 heterocycles. The maximum Gasteiger partial charge on any atom is 0.323 e. The number of carbonyl (C=O) groups is 1. The Morgan fingerprint density at radius 1 is 1.10 bits per heavy atom. The molecule has 0 aromatic heterocycles. The van der Waals surface area contributed by atoms with E-state index in [1.807, 2.05) is 48.5 Å². The van der Waals surface area contributed by atoms with Crippen molar-refractivity contribution in [2.45, 2.75) is 12.0 Å². The van der Waals surface area contributed by atoms with Crippen LogP contribution in [0.2, 0.25) is 0 Å². The lowest BCUT2D eigenvalue weighted by Gasteiger charge is -2.25. The van der Waals surface area contributed by atoms with Crippen LogP contribution in [0.25, 0.3) is 0 Å². The largest absolute Gasteiger partial charge is 0.493 e. The van der Waals surface area contributed by atoms with E-state index in [1.165, 1.54) is 12.1 Å². The average Bonchev–Trinajstić information content (AvgIpc) is 3.28. The fourth-order valence-electron chi connectivity index (χ4n) is 3.41. The van der Waals surface area contributed by atoms with Gasteiger partial charge >= 0.3 is 6.03 Å². The number of carbonyl (C=O) groups excluding carboxylic acids is 1. The minimum atomic E-state index is -0.388. The molecule has 7 heteroatoms. The number of anilines is 1. The third-order valence-corrected chi connectivity index (χ3v) is 6.20. The van der Waals surface area contributed by atoms with E-state index < -0.39 is 0 Å². The number of rotatable bonds is 6. The molecule has 3 aromatic rings. The minimum Gasteiger partial charge on any atom is -0.493 e. The summed E-state index contributed by atoms with van der Waals surface area (Å²) in [5.41, 5.74) is 2.45. The van der Waals surface area contributed by atoms with Gasteiger partial charge in [-0.2, -0.15) is 0 Å². The summed E-state index contributed by atoms with van der Waals surface area (Å²) >= 11 is 1.68. The quantitative estimate of drug-likeness (QED) is 0.537. The van der Waals surface area contributed by atoms with Gasteiger partial charge in [-0.05, 0) is 41.5 Å². The predicted molar refractivity (Wildman–Crippen MR) is 121 cm³/mol. The van der Waals surface area contributed by atoms with Crippen LogP contribution in [-0.4, -0.2) is 30.3 Å². The van der Waals surface area contributed by atoms with Crippen molar-refractivity contribution in [1.82, 2.24) is 4.90 Å². The molecule has 3 aromatic carbocycles. The molecular weight excluding hydrogens is 415 g/mol. The Bertz CT molecular complexity index is 1050. The Morgan fingerprint density at radius 3 is 2.71 bits per heavy atom. The van der Waals surface area contributed by atoms with Gasteiger partial charge in [-0.1, -0.05) is 42.5 Å². The molecule has 2 amide bonds. The molecule has 0 saturated carbocycles. The molecule has 5 nitrogen and oxygen atoms in total. The van der Waals surface area contributed by atoms with Gasteiger partial charge in [-0.15, -0.1) is 11.8 Å². The molecule has 0 radical (unpaired) electrons. The molecule has 31 heavy (non-hydrogen) atoms. The van der Waals surface area contributed by atoms with Crippen molar-refractivity contribution in [3.05, 3.63) is 89.7 Å². The lowest BCUT2D eigenvalue weighted by Crippen LogP contribution is -2.34. The highest BCUT2D eigenvalue weighted by Gasteiger charge is 2.31. The number of thioether (sulfide) groups is 1.